The summed E-state index contributed by atoms with van der Waals surface area (Å²) < 4.78 is 33.5. The molecule has 1 aromatic rings. The Balaban J connectivity index is 1.27. The van der Waals surface area contributed by atoms with Crippen molar-refractivity contribution in [3.8, 4) is 6.07 Å². The smallest absolute Gasteiger partial charge is 0.422 e. The van der Waals surface area contributed by atoms with Crippen molar-refractivity contribution in [3.63, 3.8) is 0 Å². The van der Waals surface area contributed by atoms with Gasteiger partial charge in [-0.3, -0.25) is 4.90 Å². The first kappa shape index (κ1) is 25.0. The number of nitriles is 1. The van der Waals surface area contributed by atoms with Crippen LogP contribution in [-0.2, 0) is 14.9 Å². The predicted octanol–water partition coefficient (Wildman–Crippen LogP) is 3.63. The molecule has 2 saturated heterocycles. The molecule has 2 aliphatic heterocycles. The normalized spacial score (nSPS) is 25.7. The third-order valence-corrected chi connectivity index (χ3v) is 8.73. The second kappa shape index (κ2) is 9.48. The van der Waals surface area contributed by atoms with Gasteiger partial charge in [-0.25, -0.2) is 9.52 Å². The van der Waals surface area contributed by atoms with E-state index in [-0.39, 0.29) is 19.5 Å². The van der Waals surface area contributed by atoms with E-state index in [0.29, 0.717) is 11.8 Å². The van der Waals surface area contributed by atoms with Crippen LogP contribution in [0.25, 0.3) is 0 Å². The number of likely N-dealkylation sites (tertiary alicyclic amines) is 1. The van der Waals surface area contributed by atoms with Crippen LogP contribution >= 0.6 is 0 Å². The van der Waals surface area contributed by atoms with Crippen molar-refractivity contribution < 1.29 is 17.9 Å². The molecule has 186 valence electrons. The lowest BCUT2D eigenvalue weighted by Gasteiger charge is -2.55. The van der Waals surface area contributed by atoms with E-state index in [1.807, 2.05) is 4.72 Å². The van der Waals surface area contributed by atoms with Crippen LogP contribution in [0.3, 0.4) is 0 Å². The number of benzene rings is 1. The van der Waals surface area contributed by atoms with Crippen LogP contribution in [0.1, 0.15) is 64.4 Å². The van der Waals surface area contributed by atoms with Crippen molar-refractivity contribution in [2.75, 3.05) is 26.2 Å². The van der Waals surface area contributed by atoms with E-state index in [1.165, 1.54) is 22.7 Å². The largest absolute Gasteiger partial charge is 0.443 e. The lowest BCUT2D eigenvalue weighted by atomic mass is 9.82. The van der Waals surface area contributed by atoms with E-state index in [1.54, 1.807) is 20.8 Å². The number of ether oxygens (including phenoxy) is 1. The van der Waals surface area contributed by atoms with Crippen molar-refractivity contribution in [3.05, 3.63) is 35.9 Å². The van der Waals surface area contributed by atoms with E-state index in [4.69, 9.17) is 4.74 Å². The van der Waals surface area contributed by atoms with E-state index < -0.39 is 27.4 Å². The molecule has 3 fully saturated rings. The van der Waals surface area contributed by atoms with Crippen molar-refractivity contribution in [1.29, 1.82) is 5.26 Å². The minimum Gasteiger partial charge on any atom is -0.443 e. The van der Waals surface area contributed by atoms with E-state index >= 15 is 0 Å². The lowest BCUT2D eigenvalue weighted by Crippen LogP contribution is -2.73. The molecule has 8 nitrogen and oxygen atoms in total. The molecule has 34 heavy (non-hydrogen) atoms. The molecule has 2 heterocycles. The third kappa shape index (κ3) is 5.73. The van der Waals surface area contributed by atoms with Gasteiger partial charge in [0.25, 0.3) is 0 Å². The SMILES string of the molecule is CC(C)(C)OC(=O)NS(=O)(=O)N1CC(CC#N)(N2CCC(C[C@@H]3C[C@H]3c3ccccc3)CC2)C1. The van der Waals surface area contributed by atoms with Gasteiger partial charge in [0.1, 0.15) is 5.60 Å². The Morgan fingerprint density at radius 3 is 2.44 bits per heavy atom. The molecule has 1 saturated carbocycles. The minimum absolute atomic E-state index is 0.210. The van der Waals surface area contributed by atoms with E-state index in [0.717, 1.165) is 31.8 Å². The molecule has 1 aromatic carbocycles. The average molecular weight is 489 g/mol. The van der Waals surface area contributed by atoms with Crippen molar-refractivity contribution in [2.24, 2.45) is 11.8 Å². The first-order chi connectivity index (χ1) is 16.0. The number of piperidine rings is 1. The quantitative estimate of drug-likeness (QED) is 0.629. The predicted molar refractivity (Wildman–Crippen MR) is 129 cm³/mol. The standard InChI is InChI=1S/C25H36N4O4S/c1-24(2,3)33-23(30)27-34(31,32)29-17-25(18-29,11-12-26)28-13-9-19(10-14-28)15-21-16-22(21)20-7-5-4-6-8-20/h4-8,19,21-22H,9-11,13-18H2,1-3H3,(H,27,30)/t21-,22+/m1/s1. The number of hydrogen-bond acceptors (Lipinski definition) is 6. The molecule has 2 atom stereocenters. The van der Waals surface area contributed by atoms with Crippen LogP contribution in [0, 0.1) is 23.2 Å². The van der Waals surface area contributed by atoms with Crippen molar-refractivity contribution in [2.45, 2.75) is 69.9 Å². The fraction of sp³-hybridized carbons (Fsp3) is 0.680. The molecule has 1 amide bonds. The maximum Gasteiger partial charge on any atom is 0.422 e. The topological polar surface area (TPSA) is 103 Å². The van der Waals surface area contributed by atoms with Crippen LogP contribution in [0.4, 0.5) is 4.79 Å². The maximum atomic E-state index is 12.6. The molecule has 0 aromatic heterocycles. The Labute approximate surface area is 203 Å². The monoisotopic (exact) mass is 488 g/mol. The fourth-order valence-corrected chi connectivity index (χ4v) is 6.71. The zero-order chi connectivity index (χ0) is 24.6. The van der Waals surface area contributed by atoms with Gasteiger partial charge in [-0.05, 0) is 82.9 Å². The molecule has 0 spiro atoms. The summed E-state index contributed by atoms with van der Waals surface area (Å²) in [5, 5.41) is 9.44. The van der Waals surface area contributed by atoms with Crippen LogP contribution in [-0.4, -0.2) is 61.0 Å². The summed E-state index contributed by atoms with van der Waals surface area (Å²) in [7, 11) is -4.00. The molecule has 3 aliphatic rings. The van der Waals surface area contributed by atoms with Crippen LogP contribution in [0.15, 0.2) is 30.3 Å². The molecule has 1 aliphatic carbocycles. The van der Waals surface area contributed by atoms with Crippen LogP contribution in [0.2, 0.25) is 0 Å². The fourth-order valence-electron chi connectivity index (χ4n) is 5.51. The van der Waals surface area contributed by atoms with Gasteiger partial charge in [0.2, 0.25) is 0 Å². The zero-order valence-corrected chi connectivity index (χ0v) is 21.2. The van der Waals surface area contributed by atoms with Gasteiger partial charge < -0.3 is 4.74 Å². The Kier molecular flexibility index (Phi) is 6.96. The van der Waals surface area contributed by atoms with Gasteiger partial charge in [-0.15, -0.1) is 0 Å². The molecule has 0 unspecified atom stereocenters. The minimum atomic E-state index is -4.00. The Morgan fingerprint density at radius 2 is 1.85 bits per heavy atom. The van der Waals surface area contributed by atoms with Crippen molar-refractivity contribution >= 4 is 16.3 Å². The Hall–Kier alpha value is -2.15. The second-order valence-corrected chi connectivity index (χ2v) is 12.8. The highest BCUT2D eigenvalue weighted by Gasteiger charge is 2.53. The first-order valence-corrected chi connectivity index (χ1v) is 13.6. The summed E-state index contributed by atoms with van der Waals surface area (Å²) in [5.41, 5.74) is 0.188. The van der Waals surface area contributed by atoms with E-state index in [9.17, 15) is 18.5 Å². The maximum absolute atomic E-state index is 12.6. The summed E-state index contributed by atoms with van der Waals surface area (Å²) in [4.78, 5) is 14.2. The number of amides is 1. The molecular weight excluding hydrogens is 452 g/mol. The molecule has 4 rings (SSSR count). The van der Waals surface area contributed by atoms with Gasteiger partial charge in [-0.2, -0.15) is 18.0 Å². The number of carbonyl (C=O) groups excluding carboxylic acids is 1. The molecule has 0 bridgehead atoms. The molecule has 0 radical (unpaired) electrons. The van der Waals surface area contributed by atoms with Crippen LogP contribution in [0.5, 0.6) is 0 Å². The summed E-state index contributed by atoms with van der Waals surface area (Å²) in [6.07, 6.45) is 3.97. The Morgan fingerprint density at radius 1 is 1.21 bits per heavy atom. The number of nitrogens with one attached hydrogen (secondary N) is 1. The number of hydrogen-bond donors (Lipinski definition) is 1. The zero-order valence-electron chi connectivity index (χ0n) is 20.4. The van der Waals surface area contributed by atoms with Gasteiger partial charge in [0, 0.05) is 13.1 Å². The lowest BCUT2D eigenvalue weighted by molar-refractivity contribution is -0.0309. The van der Waals surface area contributed by atoms with Crippen molar-refractivity contribution in [1.82, 2.24) is 13.9 Å². The highest BCUT2D eigenvalue weighted by atomic mass is 32.2. The van der Waals surface area contributed by atoms with Gasteiger partial charge >= 0.3 is 16.3 Å². The first-order valence-electron chi connectivity index (χ1n) is 12.2. The van der Waals surface area contributed by atoms with Gasteiger partial charge in [0.05, 0.1) is 18.0 Å². The van der Waals surface area contributed by atoms with Gasteiger partial charge in [0.15, 0.2) is 0 Å². The second-order valence-electron chi connectivity index (χ2n) is 11.1. The van der Waals surface area contributed by atoms with Gasteiger partial charge in [-0.1, -0.05) is 30.3 Å². The third-order valence-electron chi connectivity index (χ3n) is 7.37. The number of rotatable bonds is 7. The molecule has 9 heteroatoms. The summed E-state index contributed by atoms with van der Waals surface area (Å²) >= 11 is 0. The summed E-state index contributed by atoms with van der Waals surface area (Å²) in [6.45, 7) is 7.20. The molecule has 1 N–H and O–H groups in total. The summed E-state index contributed by atoms with van der Waals surface area (Å²) in [6, 6.07) is 13.0. The number of carbonyl (C=O) groups is 1. The highest BCUT2D eigenvalue weighted by molar-refractivity contribution is 7.87. The highest BCUT2D eigenvalue weighted by Crippen LogP contribution is 2.52. The number of nitrogens with zero attached hydrogens (tertiary/aromatic N) is 3. The van der Waals surface area contributed by atoms with E-state index in [2.05, 4.69) is 41.3 Å². The Bertz CT molecular complexity index is 1020. The molecular formula is C25H36N4O4S. The van der Waals surface area contributed by atoms with Crippen LogP contribution < -0.4 is 4.72 Å². The average Bonchev–Trinajstić information content (AvgIpc) is 3.49. The summed E-state index contributed by atoms with van der Waals surface area (Å²) in [5.74, 6) is 2.16.